The van der Waals surface area contributed by atoms with Gasteiger partial charge in [-0.3, -0.25) is 4.68 Å². The molecule has 0 fully saturated rings. The third kappa shape index (κ3) is 5.24. The first-order valence-corrected chi connectivity index (χ1v) is 11.3. The molecule has 8 heteroatoms. The molecule has 0 bridgehead atoms. The normalized spacial score (nSPS) is 11.5. The fourth-order valence-electron chi connectivity index (χ4n) is 3.16. The second-order valence-electron chi connectivity index (χ2n) is 7.35. The number of aryl methyl sites for hydroxylation is 2. The van der Waals surface area contributed by atoms with E-state index in [0.717, 1.165) is 45.0 Å². The van der Waals surface area contributed by atoms with Crippen LogP contribution in [0.3, 0.4) is 0 Å². The molecule has 0 aliphatic carbocycles. The van der Waals surface area contributed by atoms with Crippen LogP contribution in [0, 0.1) is 20.8 Å². The third-order valence-electron chi connectivity index (χ3n) is 4.98. The van der Waals surface area contributed by atoms with Gasteiger partial charge in [0.1, 0.15) is 6.33 Å². The number of hydrogen-bond donors (Lipinski definition) is 0. The highest BCUT2D eigenvalue weighted by Crippen LogP contribution is 2.22. The maximum absolute atomic E-state index is 5.96. The third-order valence-corrected chi connectivity index (χ3v) is 6.24. The van der Waals surface area contributed by atoms with E-state index in [2.05, 4.69) is 53.4 Å². The Morgan fingerprint density at radius 1 is 1.00 bits per heavy atom. The Hall–Kier alpha value is -2.90. The summed E-state index contributed by atoms with van der Waals surface area (Å²) in [6, 6.07) is 16.3. The van der Waals surface area contributed by atoms with Crippen molar-refractivity contribution in [2.75, 3.05) is 0 Å². The molecule has 0 aliphatic rings. The van der Waals surface area contributed by atoms with Crippen LogP contribution < -0.4 is 0 Å². The summed E-state index contributed by atoms with van der Waals surface area (Å²) in [5.74, 6) is 0.762. The quantitative estimate of drug-likeness (QED) is 0.284. The van der Waals surface area contributed by atoms with Gasteiger partial charge >= 0.3 is 0 Å². The van der Waals surface area contributed by atoms with Crippen molar-refractivity contribution >= 4 is 29.6 Å². The molecule has 2 aromatic heterocycles. The zero-order valence-corrected chi connectivity index (χ0v) is 19.2. The standard InChI is InChI=1S/C23H23ClN6S/c1-16-4-6-19(7-5-16)13-29-18(3)22(17(2)28-29)12-26-30-15-25-27-23(30)31-14-20-8-10-21(24)11-9-20/h4-12,15H,13-14H2,1-3H3/b26-12+. The molecule has 4 aromatic rings. The van der Waals surface area contributed by atoms with E-state index in [1.165, 1.54) is 11.1 Å². The highest BCUT2D eigenvalue weighted by molar-refractivity contribution is 7.98. The van der Waals surface area contributed by atoms with E-state index in [9.17, 15) is 0 Å². The van der Waals surface area contributed by atoms with Gasteiger partial charge in [0.05, 0.1) is 18.5 Å². The van der Waals surface area contributed by atoms with Crippen LogP contribution >= 0.6 is 23.4 Å². The van der Waals surface area contributed by atoms with Gasteiger partial charge in [-0.15, -0.1) is 10.2 Å². The van der Waals surface area contributed by atoms with E-state index < -0.39 is 0 Å². The Kier molecular flexibility index (Phi) is 6.53. The second-order valence-corrected chi connectivity index (χ2v) is 8.72. The molecule has 158 valence electrons. The van der Waals surface area contributed by atoms with Gasteiger partial charge < -0.3 is 0 Å². The number of benzene rings is 2. The lowest BCUT2D eigenvalue weighted by atomic mass is 10.1. The monoisotopic (exact) mass is 450 g/mol. The first kappa shape index (κ1) is 21.3. The second kappa shape index (κ2) is 9.49. The van der Waals surface area contributed by atoms with Crippen LogP contribution in [0.15, 0.2) is 65.1 Å². The Morgan fingerprint density at radius 2 is 1.71 bits per heavy atom. The molecule has 0 unspecified atom stereocenters. The Labute approximate surface area is 191 Å². The van der Waals surface area contributed by atoms with Crippen molar-refractivity contribution in [1.82, 2.24) is 24.7 Å². The molecular weight excluding hydrogens is 428 g/mol. The van der Waals surface area contributed by atoms with Crippen molar-refractivity contribution in [2.24, 2.45) is 5.10 Å². The lowest BCUT2D eigenvalue weighted by Gasteiger charge is -2.05. The summed E-state index contributed by atoms with van der Waals surface area (Å²) in [4.78, 5) is 0. The van der Waals surface area contributed by atoms with E-state index in [4.69, 9.17) is 16.7 Å². The number of hydrogen-bond acceptors (Lipinski definition) is 5. The van der Waals surface area contributed by atoms with E-state index >= 15 is 0 Å². The Morgan fingerprint density at radius 3 is 2.45 bits per heavy atom. The van der Waals surface area contributed by atoms with Crippen LogP contribution in [-0.4, -0.2) is 30.9 Å². The van der Waals surface area contributed by atoms with Gasteiger partial charge in [-0.25, -0.2) is 0 Å². The molecule has 0 atom stereocenters. The van der Waals surface area contributed by atoms with Gasteiger partial charge in [-0.05, 0) is 44.0 Å². The number of nitrogens with zero attached hydrogens (tertiary/aromatic N) is 6. The summed E-state index contributed by atoms with van der Waals surface area (Å²) in [7, 11) is 0. The average molecular weight is 451 g/mol. The van der Waals surface area contributed by atoms with Crippen molar-refractivity contribution in [3.8, 4) is 0 Å². The molecule has 6 nitrogen and oxygen atoms in total. The highest BCUT2D eigenvalue weighted by Gasteiger charge is 2.11. The Balaban J connectivity index is 1.47. The number of halogens is 1. The highest BCUT2D eigenvalue weighted by atomic mass is 35.5. The first-order chi connectivity index (χ1) is 15.0. The fraction of sp³-hybridized carbons (Fsp3) is 0.217. The van der Waals surface area contributed by atoms with Crippen molar-refractivity contribution in [2.45, 2.75) is 38.2 Å². The lowest BCUT2D eigenvalue weighted by molar-refractivity contribution is 0.659. The Bertz CT molecular complexity index is 1190. The van der Waals surface area contributed by atoms with Gasteiger partial charge in [0.25, 0.3) is 0 Å². The molecule has 0 radical (unpaired) electrons. The molecule has 0 saturated heterocycles. The molecule has 4 rings (SSSR count). The molecule has 0 N–H and O–H groups in total. The largest absolute Gasteiger partial charge is 0.265 e. The van der Waals surface area contributed by atoms with Crippen molar-refractivity contribution in [3.05, 3.63) is 93.5 Å². The summed E-state index contributed by atoms with van der Waals surface area (Å²) < 4.78 is 3.71. The molecule has 0 saturated carbocycles. The summed E-state index contributed by atoms with van der Waals surface area (Å²) >= 11 is 7.53. The molecule has 0 spiro atoms. The van der Waals surface area contributed by atoms with Crippen molar-refractivity contribution < 1.29 is 0 Å². The van der Waals surface area contributed by atoms with Gasteiger partial charge in [-0.1, -0.05) is 65.3 Å². The molecule has 31 heavy (non-hydrogen) atoms. The minimum absolute atomic E-state index is 0.730. The van der Waals surface area contributed by atoms with Gasteiger partial charge in [0.2, 0.25) is 5.16 Å². The van der Waals surface area contributed by atoms with E-state index in [1.807, 2.05) is 42.1 Å². The summed E-state index contributed by atoms with van der Waals surface area (Å²) in [6.07, 6.45) is 3.45. The number of thioether (sulfide) groups is 1. The zero-order valence-electron chi connectivity index (χ0n) is 17.7. The van der Waals surface area contributed by atoms with Gasteiger partial charge in [0.15, 0.2) is 0 Å². The van der Waals surface area contributed by atoms with Crippen LogP contribution in [0.1, 0.15) is 33.6 Å². The minimum Gasteiger partial charge on any atom is -0.265 e. The van der Waals surface area contributed by atoms with Gasteiger partial charge in [-0.2, -0.15) is 14.9 Å². The first-order valence-electron chi connectivity index (χ1n) is 9.91. The number of rotatable bonds is 7. The van der Waals surface area contributed by atoms with E-state index in [0.29, 0.717) is 0 Å². The molecule has 2 aromatic carbocycles. The lowest BCUT2D eigenvalue weighted by Crippen LogP contribution is -2.04. The smallest absolute Gasteiger partial charge is 0.212 e. The molecular formula is C23H23ClN6S. The van der Waals surface area contributed by atoms with E-state index in [-0.39, 0.29) is 0 Å². The zero-order chi connectivity index (χ0) is 21.8. The summed E-state index contributed by atoms with van der Waals surface area (Å²) in [5, 5.41) is 19.0. The maximum atomic E-state index is 5.96. The van der Waals surface area contributed by atoms with Gasteiger partial charge in [0, 0.05) is 22.0 Å². The van der Waals surface area contributed by atoms with Crippen LogP contribution in [0.25, 0.3) is 0 Å². The molecule has 0 amide bonds. The predicted octanol–water partition coefficient (Wildman–Crippen LogP) is 5.28. The predicted molar refractivity (Wildman–Crippen MR) is 126 cm³/mol. The summed E-state index contributed by atoms with van der Waals surface area (Å²) in [5.41, 5.74) is 6.66. The summed E-state index contributed by atoms with van der Waals surface area (Å²) in [6.45, 7) is 6.89. The van der Waals surface area contributed by atoms with Crippen molar-refractivity contribution in [1.29, 1.82) is 0 Å². The SMILES string of the molecule is Cc1ccc(Cn2nc(C)c(/C=N/n3cnnc3SCc3ccc(Cl)cc3)c2C)cc1. The minimum atomic E-state index is 0.730. The molecule has 0 aliphatic heterocycles. The van der Waals surface area contributed by atoms with Crippen LogP contribution in [0.2, 0.25) is 5.02 Å². The van der Waals surface area contributed by atoms with Crippen LogP contribution in [0.5, 0.6) is 0 Å². The number of aromatic nitrogens is 5. The average Bonchev–Trinajstić information content (AvgIpc) is 3.31. The fourth-order valence-corrected chi connectivity index (χ4v) is 4.11. The van der Waals surface area contributed by atoms with Crippen LogP contribution in [0.4, 0.5) is 0 Å². The molecule has 2 heterocycles. The van der Waals surface area contributed by atoms with Crippen molar-refractivity contribution in [3.63, 3.8) is 0 Å². The topological polar surface area (TPSA) is 60.9 Å². The van der Waals surface area contributed by atoms with E-state index in [1.54, 1.807) is 22.8 Å². The maximum Gasteiger partial charge on any atom is 0.212 e. The van der Waals surface area contributed by atoms with Crippen LogP contribution in [-0.2, 0) is 12.3 Å².